The van der Waals surface area contributed by atoms with Crippen molar-refractivity contribution in [2.24, 2.45) is 5.92 Å². The molecule has 0 bridgehead atoms. The second-order valence-electron chi connectivity index (χ2n) is 9.39. The van der Waals surface area contributed by atoms with Crippen molar-refractivity contribution in [3.63, 3.8) is 0 Å². The highest BCUT2D eigenvalue weighted by molar-refractivity contribution is 7.92. The molecule has 34 heavy (non-hydrogen) atoms. The lowest BCUT2D eigenvalue weighted by atomic mass is 10.0. The monoisotopic (exact) mass is 489 g/mol. The summed E-state index contributed by atoms with van der Waals surface area (Å²) in [5.74, 6) is 0.442. The molecule has 0 radical (unpaired) electrons. The van der Waals surface area contributed by atoms with Crippen LogP contribution in [0.25, 0.3) is 0 Å². The third kappa shape index (κ3) is 6.28. The van der Waals surface area contributed by atoms with Gasteiger partial charge >= 0.3 is 0 Å². The first-order valence-corrected chi connectivity index (χ1v) is 12.9. The average Bonchev–Trinajstić information content (AvgIpc) is 2.81. The number of benzene rings is 2. The lowest BCUT2D eigenvalue weighted by Gasteiger charge is -2.33. The highest BCUT2D eigenvalue weighted by Gasteiger charge is 2.31. The van der Waals surface area contributed by atoms with Crippen molar-refractivity contribution in [2.45, 2.75) is 44.2 Å². The number of sulfonamides is 1. The number of fused-ring (bicyclic) bond motifs is 1. The van der Waals surface area contributed by atoms with E-state index in [-0.39, 0.29) is 41.9 Å². The van der Waals surface area contributed by atoms with Crippen LogP contribution < -0.4 is 9.46 Å². The number of hydrogen-bond donors (Lipinski definition) is 2. The fourth-order valence-electron chi connectivity index (χ4n) is 4.00. The molecule has 9 heteroatoms. The van der Waals surface area contributed by atoms with E-state index in [2.05, 4.69) is 4.72 Å². The van der Waals surface area contributed by atoms with Crippen LogP contribution in [-0.2, 0) is 21.2 Å². The van der Waals surface area contributed by atoms with Gasteiger partial charge in [-0.3, -0.25) is 9.52 Å². The molecular weight excluding hydrogens is 454 g/mol. The maximum Gasteiger partial charge on any atom is 0.261 e. The first-order valence-electron chi connectivity index (χ1n) is 11.4. The van der Waals surface area contributed by atoms with Crippen molar-refractivity contribution in [1.29, 1.82) is 0 Å². The number of aliphatic hydroxyl groups is 1. The Hall–Kier alpha value is -2.62. The van der Waals surface area contributed by atoms with Gasteiger partial charge in [0.25, 0.3) is 10.0 Å². The second kappa shape index (κ2) is 10.8. The van der Waals surface area contributed by atoms with Crippen molar-refractivity contribution < 1.29 is 23.1 Å². The van der Waals surface area contributed by atoms with E-state index in [1.54, 1.807) is 47.4 Å². The van der Waals surface area contributed by atoms with Crippen molar-refractivity contribution in [1.82, 2.24) is 9.80 Å². The molecule has 2 aromatic rings. The molecule has 0 spiro atoms. The summed E-state index contributed by atoms with van der Waals surface area (Å²) in [4.78, 5) is 17.1. The van der Waals surface area contributed by atoms with E-state index >= 15 is 0 Å². The highest BCUT2D eigenvalue weighted by Crippen LogP contribution is 2.30. The first kappa shape index (κ1) is 26.0. The van der Waals surface area contributed by atoms with Crippen LogP contribution in [0, 0.1) is 12.8 Å². The van der Waals surface area contributed by atoms with Gasteiger partial charge in [0.15, 0.2) is 0 Å². The van der Waals surface area contributed by atoms with E-state index < -0.39 is 10.0 Å². The number of anilines is 1. The van der Waals surface area contributed by atoms with E-state index in [1.165, 1.54) is 0 Å². The Labute approximate surface area is 202 Å². The predicted molar refractivity (Wildman–Crippen MR) is 133 cm³/mol. The predicted octanol–water partition coefficient (Wildman–Crippen LogP) is 2.51. The van der Waals surface area contributed by atoms with Crippen LogP contribution in [0.5, 0.6) is 5.75 Å². The van der Waals surface area contributed by atoms with Gasteiger partial charge in [-0.25, -0.2) is 8.42 Å². The number of carbonyl (C=O) groups excluding carboxylic acids is 1. The van der Waals surface area contributed by atoms with Crippen LogP contribution in [0.15, 0.2) is 47.4 Å². The molecule has 2 N–H and O–H groups in total. The highest BCUT2D eigenvalue weighted by atomic mass is 32.2. The molecule has 1 heterocycles. The molecule has 1 amide bonds. The molecule has 186 valence electrons. The zero-order valence-corrected chi connectivity index (χ0v) is 21.3. The third-order valence-electron chi connectivity index (χ3n) is 6.05. The van der Waals surface area contributed by atoms with Gasteiger partial charge in [-0.15, -0.1) is 0 Å². The number of likely N-dealkylation sites (N-methyl/N-ethyl adjacent to an activating group) is 1. The Morgan fingerprint density at radius 3 is 2.50 bits per heavy atom. The van der Waals surface area contributed by atoms with E-state index in [4.69, 9.17) is 4.74 Å². The summed E-state index contributed by atoms with van der Waals surface area (Å²) in [6.07, 6.45) is -0.149. The van der Waals surface area contributed by atoms with Crippen molar-refractivity contribution in [2.75, 3.05) is 38.5 Å². The zero-order chi connectivity index (χ0) is 25.0. The maximum absolute atomic E-state index is 13.2. The number of hydrogen-bond acceptors (Lipinski definition) is 6. The number of nitrogens with zero attached hydrogens (tertiary/aromatic N) is 2. The third-order valence-corrected chi connectivity index (χ3v) is 7.44. The van der Waals surface area contributed by atoms with Crippen LogP contribution in [0.2, 0.25) is 0 Å². The number of aliphatic hydroxyl groups excluding tert-OH is 1. The number of ether oxygens (including phenoxy) is 1. The Kier molecular flexibility index (Phi) is 8.22. The largest absolute Gasteiger partial charge is 0.488 e. The number of carbonyl (C=O) groups is 1. The summed E-state index contributed by atoms with van der Waals surface area (Å²) in [5.41, 5.74) is 1.92. The molecule has 3 atom stereocenters. The smallest absolute Gasteiger partial charge is 0.261 e. The normalized spacial score (nSPS) is 20.1. The lowest BCUT2D eigenvalue weighted by molar-refractivity contribution is -0.134. The quantitative estimate of drug-likeness (QED) is 0.620. The lowest BCUT2D eigenvalue weighted by Crippen LogP contribution is -2.47. The molecule has 1 aliphatic rings. The Bertz CT molecular complexity index is 1100. The van der Waals surface area contributed by atoms with E-state index in [0.717, 1.165) is 5.56 Å². The maximum atomic E-state index is 13.2. The fourth-order valence-corrected chi connectivity index (χ4v) is 5.05. The summed E-state index contributed by atoms with van der Waals surface area (Å²) in [5, 5.41) is 9.72. The Balaban J connectivity index is 1.97. The molecule has 0 saturated heterocycles. The summed E-state index contributed by atoms with van der Waals surface area (Å²) in [6.45, 7) is 6.72. The molecule has 0 aliphatic carbocycles. The van der Waals surface area contributed by atoms with Gasteiger partial charge in [-0.2, -0.15) is 0 Å². The van der Waals surface area contributed by atoms with Gasteiger partial charge in [0.2, 0.25) is 5.91 Å². The fraction of sp³-hybridized carbons (Fsp3) is 0.480. The van der Waals surface area contributed by atoms with Crippen LogP contribution in [-0.4, -0.2) is 75.2 Å². The molecule has 0 fully saturated rings. The van der Waals surface area contributed by atoms with Gasteiger partial charge in [-0.1, -0.05) is 24.6 Å². The van der Waals surface area contributed by atoms with Crippen LogP contribution >= 0.6 is 0 Å². The molecular formula is C25H35N3O5S. The van der Waals surface area contributed by atoms with Gasteiger partial charge < -0.3 is 19.6 Å². The summed E-state index contributed by atoms with van der Waals surface area (Å²) < 4.78 is 34.7. The van der Waals surface area contributed by atoms with Gasteiger partial charge in [-0.05, 0) is 58.3 Å². The Morgan fingerprint density at radius 2 is 1.88 bits per heavy atom. The SMILES string of the molecule is Cc1ccc(S(=O)(=O)Nc2ccc3c(c2)CC(=O)N([C@H](C)CO)C[C@H](C)[C@@H](CN(C)C)O3)cc1. The average molecular weight is 490 g/mol. The molecule has 2 aromatic carbocycles. The second-order valence-corrected chi connectivity index (χ2v) is 11.1. The minimum absolute atomic E-state index is 0.0195. The molecule has 3 rings (SSSR count). The standard InChI is InChI=1S/C25H35N3O5S/c1-17-6-9-22(10-7-17)34(31,32)26-21-8-11-23-20(12-21)13-25(30)28(19(3)16-29)14-18(2)24(33-23)15-27(4)5/h6-12,18-19,24,26,29H,13-16H2,1-5H3/t18-,19+,24+/m0/s1. The van der Waals surface area contributed by atoms with Crippen molar-refractivity contribution in [3.05, 3.63) is 53.6 Å². The van der Waals surface area contributed by atoms with E-state index in [0.29, 0.717) is 30.1 Å². The number of aryl methyl sites for hydroxylation is 1. The molecule has 1 aliphatic heterocycles. The minimum Gasteiger partial charge on any atom is -0.488 e. The minimum atomic E-state index is -3.78. The summed E-state index contributed by atoms with van der Waals surface area (Å²) in [7, 11) is 0.145. The first-order chi connectivity index (χ1) is 16.0. The van der Waals surface area contributed by atoms with Crippen LogP contribution in [0.4, 0.5) is 5.69 Å². The molecule has 0 aromatic heterocycles. The van der Waals surface area contributed by atoms with E-state index in [1.807, 2.05) is 39.8 Å². The topological polar surface area (TPSA) is 99.2 Å². The number of rotatable bonds is 7. The van der Waals surface area contributed by atoms with Gasteiger partial charge in [0.05, 0.1) is 24.0 Å². The summed E-state index contributed by atoms with van der Waals surface area (Å²) in [6, 6.07) is 11.3. The molecule has 0 unspecified atom stereocenters. The summed E-state index contributed by atoms with van der Waals surface area (Å²) >= 11 is 0. The van der Waals surface area contributed by atoms with Crippen LogP contribution in [0.1, 0.15) is 25.0 Å². The number of nitrogens with one attached hydrogen (secondary N) is 1. The van der Waals surface area contributed by atoms with Crippen LogP contribution in [0.3, 0.4) is 0 Å². The molecule has 8 nitrogen and oxygen atoms in total. The van der Waals surface area contributed by atoms with Gasteiger partial charge in [0.1, 0.15) is 11.9 Å². The zero-order valence-electron chi connectivity index (χ0n) is 20.5. The Morgan fingerprint density at radius 1 is 1.21 bits per heavy atom. The molecule has 0 saturated carbocycles. The van der Waals surface area contributed by atoms with E-state index in [9.17, 15) is 18.3 Å². The van der Waals surface area contributed by atoms with Crippen molar-refractivity contribution in [3.8, 4) is 5.75 Å². The number of amides is 1. The van der Waals surface area contributed by atoms with Gasteiger partial charge in [0, 0.05) is 30.3 Å². The van der Waals surface area contributed by atoms with Crippen molar-refractivity contribution >= 4 is 21.6 Å².